The minimum absolute atomic E-state index is 0.268. The molecule has 1 saturated carbocycles. The zero-order valence-electron chi connectivity index (χ0n) is 11.6. The number of carbonyl (C=O) groups is 2. The number of halogens is 1. The Morgan fingerprint density at radius 1 is 1.40 bits per heavy atom. The normalized spacial score (nSPS) is 16.6. The van der Waals surface area contributed by atoms with Crippen molar-refractivity contribution in [3.63, 3.8) is 0 Å². The highest BCUT2D eigenvalue weighted by Crippen LogP contribution is 2.46. The minimum Gasteiger partial charge on any atom is -0.480 e. The smallest absolute Gasteiger partial charge is 0.319 e. The van der Waals surface area contributed by atoms with Gasteiger partial charge in [-0.15, -0.1) is 0 Å². The molecular weight excluding hydrogens is 261 g/mol. The van der Waals surface area contributed by atoms with Crippen LogP contribution in [-0.2, 0) is 15.0 Å². The molecule has 4 nitrogen and oxygen atoms in total. The van der Waals surface area contributed by atoms with Gasteiger partial charge in [-0.1, -0.05) is 26.0 Å². The Bertz CT molecular complexity index is 550. The largest absolute Gasteiger partial charge is 0.480 e. The predicted octanol–water partition coefficient (Wildman–Crippen LogP) is 2.08. The molecule has 2 N–H and O–H groups in total. The summed E-state index contributed by atoms with van der Waals surface area (Å²) in [5, 5.41) is 11.7. The molecule has 5 heteroatoms. The fraction of sp³-hybridized carbons (Fsp3) is 0.467. The van der Waals surface area contributed by atoms with Crippen molar-refractivity contribution < 1.29 is 19.1 Å². The van der Waals surface area contributed by atoms with Crippen LogP contribution in [-0.4, -0.2) is 23.5 Å². The van der Waals surface area contributed by atoms with Crippen LogP contribution in [0.25, 0.3) is 0 Å². The highest BCUT2D eigenvalue weighted by Gasteiger charge is 2.57. The SMILES string of the molecule is CC(C)(CNC(=O)C1(C(=O)O)CC1)c1cccc(F)c1. The maximum atomic E-state index is 13.2. The summed E-state index contributed by atoms with van der Waals surface area (Å²) in [5.41, 5.74) is -0.942. The molecule has 1 amide bonds. The van der Waals surface area contributed by atoms with E-state index in [1.807, 2.05) is 13.8 Å². The number of carboxylic acids is 1. The van der Waals surface area contributed by atoms with E-state index in [0.717, 1.165) is 5.56 Å². The molecule has 1 aliphatic rings. The van der Waals surface area contributed by atoms with Gasteiger partial charge in [-0.2, -0.15) is 0 Å². The lowest BCUT2D eigenvalue weighted by atomic mass is 9.84. The number of nitrogens with one attached hydrogen (secondary N) is 1. The Kier molecular flexibility index (Phi) is 3.54. The molecule has 0 spiro atoms. The Balaban J connectivity index is 2.03. The minimum atomic E-state index is -1.24. The number of benzene rings is 1. The van der Waals surface area contributed by atoms with Crippen molar-refractivity contribution in [1.29, 1.82) is 0 Å². The van der Waals surface area contributed by atoms with Gasteiger partial charge < -0.3 is 10.4 Å². The third kappa shape index (κ3) is 2.66. The summed E-state index contributed by atoms with van der Waals surface area (Å²) in [5.74, 6) is -1.85. The molecule has 0 bridgehead atoms. The first-order chi connectivity index (χ1) is 9.28. The molecule has 0 aromatic heterocycles. The maximum Gasteiger partial charge on any atom is 0.319 e. The number of carbonyl (C=O) groups excluding carboxylic acids is 1. The number of rotatable bonds is 5. The third-order valence-electron chi connectivity index (χ3n) is 3.89. The van der Waals surface area contributed by atoms with E-state index < -0.39 is 22.7 Å². The van der Waals surface area contributed by atoms with Gasteiger partial charge in [0.25, 0.3) is 0 Å². The molecule has 20 heavy (non-hydrogen) atoms. The maximum absolute atomic E-state index is 13.2. The molecule has 0 aliphatic heterocycles. The zero-order valence-corrected chi connectivity index (χ0v) is 11.6. The predicted molar refractivity (Wildman–Crippen MR) is 71.7 cm³/mol. The van der Waals surface area contributed by atoms with Crippen LogP contribution >= 0.6 is 0 Å². The summed E-state index contributed by atoms with van der Waals surface area (Å²) in [6.45, 7) is 4.02. The molecule has 0 saturated heterocycles. The lowest BCUT2D eigenvalue weighted by Gasteiger charge is -2.26. The quantitative estimate of drug-likeness (QED) is 0.811. The van der Waals surface area contributed by atoms with Gasteiger partial charge in [0, 0.05) is 12.0 Å². The van der Waals surface area contributed by atoms with Gasteiger partial charge in [-0.05, 0) is 30.5 Å². The molecule has 0 heterocycles. The van der Waals surface area contributed by atoms with Crippen LogP contribution in [0, 0.1) is 11.2 Å². The Morgan fingerprint density at radius 3 is 2.55 bits per heavy atom. The monoisotopic (exact) mass is 279 g/mol. The highest BCUT2D eigenvalue weighted by molar-refractivity contribution is 6.04. The number of carboxylic acid groups (broad SMARTS) is 1. The van der Waals surface area contributed by atoms with Crippen molar-refractivity contribution in [3.8, 4) is 0 Å². The molecule has 1 aliphatic carbocycles. The zero-order chi connectivity index (χ0) is 15.0. The van der Waals surface area contributed by atoms with Gasteiger partial charge in [-0.3, -0.25) is 9.59 Å². The summed E-state index contributed by atoms with van der Waals surface area (Å²) in [4.78, 5) is 23.0. The van der Waals surface area contributed by atoms with Gasteiger partial charge in [0.15, 0.2) is 0 Å². The average Bonchev–Trinajstić information content (AvgIpc) is 3.17. The van der Waals surface area contributed by atoms with E-state index in [0.29, 0.717) is 12.8 Å². The highest BCUT2D eigenvalue weighted by atomic mass is 19.1. The average molecular weight is 279 g/mol. The van der Waals surface area contributed by atoms with E-state index in [-0.39, 0.29) is 12.4 Å². The van der Waals surface area contributed by atoms with Crippen LogP contribution in [0.5, 0.6) is 0 Å². The Hall–Kier alpha value is -1.91. The number of hydrogen-bond donors (Lipinski definition) is 2. The molecule has 0 radical (unpaired) electrons. The van der Waals surface area contributed by atoms with Crippen LogP contribution in [0.4, 0.5) is 4.39 Å². The Labute approximate surface area is 117 Å². The van der Waals surface area contributed by atoms with Crippen LogP contribution in [0.3, 0.4) is 0 Å². The summed E-state index contributed by atoms with van der Waals surface area (Å²) >= 11 is 0. The standard InChI is InChI=1S/C15H18FNO3/c1-14(2,10-4-3-5-11(16)8-10)9-17-12(18)15(6-7-15)13(19)20/h3-5,8H,6-7,9H2,1-2H3,(H,17,18)(H,19,20). The van der Waals surface area contributed by atoms with E-state index in [2.05, 4.69) is 5.32 Å². The Morgan fingerprint density at radius 2 is 2.05 bits per heavy atom. The lowest BCUT2D eigenvalue weighted by Crippen LogP contribution is -2.43. The van der Waals surface area contributed by atoms with Crippen LogP contribution in [0.2, 0.25) is 0 Å². The molecular formula is C15H18FNO3. The molecule has 2 rings (SSSR count). The van der Waals surface area contributed by atoms with Crippen molar-refractivity contribution >= 4 is 11.9 Å². The fourth-order valence-corrected chi connectivity index (χ4v) is 2.14. The van der Waals surface area contributed by atoms with Gasteiger partial charge in [0.05, 0.1) is 0 Å². The van der Waals surface area contributed by atoms with Gasteiger partial charge in [0.2, 0.25) is 5.91 Å². The first-order valence-corrected chi connectivity index (χ1v) is 6.56. The number of amides is 1. The second-order valence-corrected chi connectivity index (χ2v) is 5.96. The summed E-state index contributed by atoms with van der Waals surface area (Å²) < 4.78 is 13.2. The van der Waals surface area contributed by atoms with Gasteiger partial charge >= 0.3 is 5.97 Å². The summed E-state index contributed by atoms with van der Waals surface area (Å²) in [6.07, 6.45) is 0.767. The van der Waals surface area contributed by atoms with E-state index in [1.54, 1.807) is 12.1 Å². The van der Waals surface area contributed by atoms with Crippen LogP contribution < -0.4 is 5.32 Å². The molecule has 0 atom stereocenters. The summed E-state index contributed by atoms with van der Waals surface area (Å²) in [7, 11) is 0. The van der Waals surface area contributed by atoms with Crippen LogP contribution in [0.1, 0.15) is 32.3 Å². The molecule has 1 fully saturated rings. The third-order valence-corrected chi connectivity index (χ3v) is 3.89. The lowest BCUT2D eigenvalue weighted by molar-refractivity contribution is -0.149. The number of aliphatic carboxylic acids is 1. The van der Waals surface area contributed by atoms with E-state index in [4.69, 9.17) is 5.11 Å². The molecule has 108 valence electrons. The van der Waals surface area contributed by atoms with Crippen molar-refractivity contribution in [3.05, 3.63) is 35.6 Å². The number of hydrogen-bond acceptors (Lipinski definition) is 2. The van der Waals surface area contributed by atoms with Crippen LogP contribution in [0.15, 0.2) is 24.3 Å². The topological polar surface area (TPSA) is 66.4 Å². The van der Waals surface area contributed by atoms with E-state index >= 15 is 0 Å². The second-order valence-electron chi connectivity index (χ2n) is 5.96. The van der Waals surface area contributed by atoms with Crippen molar-refractivity contribution in [1.82, 2.24) is 5.32 Å². The first kappa shape index (κ1) is 14.5. The van der Waals surface area contributed by atoms with Gasteiger partial charge in [0.1, 0.15) is 11.2 Å². The van der Waals surface area contributed by atoms with Crippen molar-refractivity contribution in [2.75, 3.05) is 6.54 Å². The molecule has 1 aromatic carbocycles. The summed E-state index contributed by atoms with van der Waals surface area (Å²) in [6, 6.07) is 6.20. The fourth-order valence-electron chi connectivity index (χ4n) is 2.14. The molecule has 1 aromatic rings. The molecule has 0 unspecified atom stereocenters. The van der Waals surface area contributed by atoms with E-state index in [1.165, 1.54) is 12.1 Å². The van der Waals surface area contributed by atoms with Crippen molar-refractivity contribution in [2.24, 2.45) is 5.41 Å². The van der Waals surface area contributed by atoms with Gasteiger partial charge in [-0.25, -0.2) is 4.39 Å². The first-order valence-electron chi connectivity index (χ1n) is 6.56. The van der Waals surface area contributed by atoms with E-state index in [9.17, 15) is 14.0 Å². The van der Waals surface area contributed by atoms with Crippen molar-refractivity contribution in [2.45, 2.75) is 32.1 Å². The second kappa shape index (κ2) is 4.89.